The molecular weight excluding hydrogens is 432 g/mol. The third-order valence-electron chi connectivity index (χ3n) is 5.58. The first-order valence-electron chi connectivity index (χ1n) is 10.6. The summed E-state index contributed by atoms with van der Waals surface area (Å²) < 4.78 is 2.07. The second-order valence-electron chi connectivity index (χ2n) is 7.68. The van der Waals surface area contributed by atoms with Crippen LogP contribution in [0.3, 0.4) is 0 Å². The number of carbonyl (C=O) groups excluding carboxylic acids is 1. The number of hydrogen-bond acceptors (Lipinski definition) is 4. The number of anilines is 1. The zero-order valence-corrected chi connectivity index (χ0v) is 18.5. The van der Waals surface area contributed by atoms with Gasteiger partial charge in [-0.25, -0.2) is 0 Å². The van der Waals surface area contributed by atoms with E-state index in [1.165, 1.54) is 0 Å². The van der Waals surface area contributed by atoms with E-state index in [9.17, 15) is 4.79 Å². The van der Waals surface area contributed by atoms with Crippen LogP contribution in [0.2, 0.25) is 0 Å². The Bertz CT molecular complexity index is 1250. The highest BCUT2D eigenvalue weighted by molar-refractivity contribution is 7.80. The zero-order valence-electron chi connectivity index (χ0n) is 17.7. The fourth-order valence-electron chi connectivity index (χ4n) is 4.14. The molecule has 1 aromatic carbocycles. The quantitative estimate of drug-likeness (QED) is 0.431. The number of nitrogens with zero attached hydrogens (tertiary/aromatic N) is 4. The Morgan fingerprint density at radius 2 is 1.85 bits per heavy atom. The number of nitrogens with one attached hydrogen (secondary N) is 2. The summed E-state index contributed by atoms with van der Waals surface area (Å²) in [6.07, 6.45) is 7.32. The predicted molar refractivity (Wildman–Crippen MR) is 131 cm³/mol. The third kappa shape index (κ3) is 4.33. The van der Waals surface area contributed by atoms with Gasteiger partial charge in [0.25, 0.3) is 0 Å². The van der Waals surface area contributed by atoms with E-state index in [-0.39, 0.29) is 24.5 Å². The lowest BCUT2D eigenvalue weighted by Gasteiger charge is -2.28. The van der Waals surface area contributed by atoms with Crippen molar-refractivity contribution >= 4 is 28.9 Å². The molecule has 1 amide bonds. The van der Waals surface area contributed by atoms with E-state index >= 15 is 0 Å². The second-order valence-corrected chi connectivity index (χ2v) is 8.07. The molecular formula is C25H22N6OS. The molecule has 1 aliphatic rings. The summed E-state index contributed by atoms with van der Waals surface area (Å²) in [7, 11) is 0. The van der Waals surface area contributed by atoms with E-state index in [0.717, 1.165) is 22.8 Å². The Labute approximate surface area is 197 Å². The van der Waals surface area contributed by atoms with Crippen molar-refractivity contribution in [3.63, 3.8) is 0 Å². The van der Waals surface area contributed by atoms with Gasteiger partial charge in [-0.15, -0.1) is 0 Å². The molecule has 0 aliphatic carbocycles. The van der Waals surface area contributed by atoms with Gasteiger partial charge in [0.1, 0.15) is 6.54 Å². The first-order chi connectivity index (χ1) is 16.2. The van der Waals surface area contributed by atoms with Crippen LogP contribution >= 0.6 is 12.2 Å². The number of thiocarbonyl (C=S) groups is 1. The predicted octanol–water partition coefficient (Wildman–Crippen LogP) is 3.88. The van der Waals surface area contributed by atoms with Crippen molar-refractivity contribution in [3.8, 4) is 5.69 Å². The van der Waals surface area contributed by atoms with Crippen LogP contribution in [-0.2, 0) is 4.79 Å². The smallest absolute Gasteiger partial charge is 0.244 e. The largest absolute Gasteiger partial charge is 0.352 e. The van der Waals surface area contributed by atoms with Gasteiger partial charge in [-0.1, -0.05) is 24.3 Å². The number of carbonyl (C=O) groups is 1. The SMILES string of the molecule is O=C(CN1C(=S)N[C@H](c2ccccn2)[C@H]1c1cccn1-c1cccnc1)Nc1ccccc1. The maximum Gasteiger partial charge on any atom is 0.244 e. The number of benzene rings is 1. The van der Waals surface area contributed by atoms with Crippen LogP contribution in [0.25, 0.3) is 5.69 Å². The minimum atomic E-state index is -0.246. The van der Waals surface area contributed by atoms with Crippen LogP contribution in [0.1, 0.15) is 23.5 Å². The van der Waals surface area contributed by atoms with Gasteiger partial charge in [0, 0.05) is 30.0 Å². The van der Waals surface area contributed by atoms with Gasteiger partial charge >= 0.3 is 0 Å². The number of pyridine rings is 2. The number of rotatable bonds is 6. The lowest BCUT2D eigenvalue weighted by molar-refractivity contribution is -0.116. The molecule has 4 aromatic rings. The van der Waals surface area contributed by atoms with Crippen molar-refractivity contribution in [2.75, 3.05) is 11.9 Å². The van der Waals surface area contributed by atoms with Gasteiger partial charge < -0.3 is 20.1 Å². The van der Waals surface area contributed by atoms with Gasteiger partial charge in [0.2, 0.25) is 5.91 Å². The van der Waals surface area contributed by atoms with Crippen LogP contribution < -0.4 is 10.6 Å². The summed E-state index contributed by atoms with van der Waals surface area (Å²) in [6, 6.07) is 22.7. The third-order valence-corrected chi connectivity index (χ3v) is 5.93. The monoisotopic (exact) mass is 454 g/mol. The normalized spacial score (nSPS) is 17.6. The molecule has 3 aromatic heterocycles. The molecule has 4 heterocycles. The summed E-state index contributed by atoms with van der Waals surface area (Å²) in [5, 5.41) is 6.86. The van der Waals surface area contributed by atoms with Crippen molar-refractivity contribution in [1.82, 2.24) is 24.8 Å². The summed E-state index contributed by atoms with van der Waals surface area (Å²) in [6.45, 7) is 0.104. The molecule has 0 saturated carbocycles. The fourth-order valence-corrected chi connectivity index (χ4v) is 4.45. The molecule has 1 fully saturated rings. The minimum absolute atomic E-state index is 0.104. The molecule has 0 bridgehead atoms. The summed E-state index contributed by atoms with van der Waals surface area (Å²) in [4.78, 5) is 23.7. The van der Waals surface area contributed by atoms with Crippen molar-refractivity contribution in [1.29, 1.82) is 0 Å². The Morgan fingerprint density at radius 1 is 1.00 bits per heavy atom. The molecule has 0 radical (unpaired) electrons. The van der Waals surface area contributed by atoms with E-state index in [0.29, 0.717) is 5.11 Å². The number of aromatic nitrogens is 3. The lowest BCUT2D eigenvalue weighted by atomic mass is 10.0. The zero-order chi connectivity index (χ0) is 22.6. The molecule has 0 spiro atoms. The van der Waals surface area contributed by atoms with Crippen LogP contribution in [0.15, 0.2) is 97.6 Å². The van der Waals surface area contributed by atoms with E-state index in [4.69, 9.17) is 12.2 Å². The second kappa shape index (κ2) is 9.22. The lowest BCUT2D eigenvalue weighted by Crippen LogP contribution is -2.37. The minimum Gasteiger partial charge on any atom is -0.352 e. The van der Waals surface area contributed by atoms with E-state index < -0.39 is 0 Å². The van der Waals surface area contributed by atoms with Crippen LogP contribution in [0.5, 0.6) is 0 Å². The van der Waals surface area contributed by atoms with Gasteiger partial charge in [-0.05, 0) is 60.7 Å². The average Bonchev–Trinajstić information content (AvgIpc) is 3.45. The Balaban J connectivity index is 1.51. The Hall–Kier alpha value is -4.04. The maximum atomic E-state index is 13.0. The highest BCUT2D eigenvalue weighted by Gasteiger charge is 2.42. The maximum absolute atomic E-state index is 13.0. The van der Waals surface area contributed by atoms with Crippen molar-refractivity contribution in [2.24, 2.45) is 0 Å². The van der Waals surface area contributed by atoms with Crippen molar-refractivity contribution in [2.45, 2.75) is 12.1 Å². The molecule has 2 N–H and O–H groups in total. The number of para-hydroxylation sites is 1. The molecule has 33 heavy (non-hydrogen) atoms. The van der Waals surface area contributed by atoms with Gasteiger partial charge in [0.15, 0.2) is 5.11 Å². The van der Waals surface area contributed by atoms with E-state index in [1.807, 2.05) is 90.1 Å². The molecule has 164 valence electrons. The molecule has 2 atom stereocenters. The van der Waals surface area contributed by atoms with Gasteiger partial charge in [-0.2, -0.15) is 0 Å². The average molecular weight is 455 g/mol. The van der Waals surface area contributed by atoms with Crippen LogP contribution in [0, 0.1) is 0 Å². The van der Waals surface area contributed by atoms with Crippen molar-refractivity contribution < 1.29 is 4.79 Å². The van der Waals surface area contributed by atoms with Gasteiger partial charge in [0.05, 0.1) is 29.7 Å². The van der Waals surface area contributed by atoms with Crippen LogP contribution in [0.4, 0.5) is 5.69 Å². The summed E-state index contributed by atoms with van der Waals surface area (Å²) >= 11 is 5.70. The summed E-state index contributed by atoms with van der Waals surface area (Å²) in [5.41, 5.74) is 3.52. The van der Waals surface area contributed by atoms with Crippen LogP contribution in [-0.4, -0.2) is 37.0 Å². The number of hydrogen-bond donors (Lipinski definition) is 2. The topological polar surface area (TPSA) is 75.1 Å². The highest BCUT2D eigenvalue weighted by atomic mass is 32.1. The molecule has 8 heteroatoms. The number of amides is 1. The first-order valence-corrected chi connectivity index (χ1v) is 11.0. The molecule has 5 rings (SSSR count). The van der Waals surface area contributed by atoms with E-state index in [2.05, 4.69) is 25.2 Å². The summed E-state index contributed by atoms with van der Waals surface area (Å²) in [5.74, 6) is -0.142. The van der Waals surface area contributed by atoms with Crippen molar-refractivity contribution in [3.05, 3.63) is 109 Å². The van der Waals surface area contributed by atoms with Gasteiger partial charge in [-0.3, -0.25) is 14.8 Å². The Morgan fingerprint density at radius 3 is 2.61 bits per heavy atom. The van der Waals surface area contributed by atoms with E-state index in [1.54, 1.807) is 12.4 Å². The molecule has 1 aliphatic heterocycles. The highest BCUT2D eigenvalue weighted by Crippen LogP contribution is 2.39. The standard InChI is InChI=1S/C25H22N6OS/c32-22(28-18-8-2-1-3-9-18)17-31-24(23(29-25(31)33)20-11-4-5-14-27-20)21-12-7-15-30(21)19-10-6-13-26-16-19/h1-16,23-24H,17H2,(H,28,32)(H,29,33)/t23-,24-/m1/s1. The molecule has 0 unspecified atom stereocenters. The first kappa shape index (κ1) is 20.8. The fraction of sp³-hybridized carbons (Fsp3) is 0.120. The Kier molecular flexibility index (Phi) is 5.82. The molecule has 7 nitrogen and oxygen atoms in total. The molecule has 1 saturated heterocycles.